The molecule has 5 nitrogen and oxygen atoms in total. The molecule has 1 atom stereocenters. The molecule has 0 radical (unpaired) electrons. The zero-order valence-electron chi connectivity index (χ0n) is 10.3. The Morgan fingerprint density at radius 2 is 2.25 bits per heavy atom. The molecule has 1 aromatic rings. The topological polar surface area (TPSA) is 72.9 Å². The number of nitrogens with zero attached hydrogens (tertiary/aromatic N) is 2. The molecule has 3 N–H and O–H groups in total. The van der Waals surface area contributed by atoms with E-state index in [0.717, 1.165) is 0 Å². The highest BCUT2D eigenvalue weighted by atomic mass is 16.1. The van der Waals surface area contributed by atoms with E-state index in [9.17, 15) is 4.79 Å². The van der Waals surface area contributed by atoms with Crippen molar-refractivity contribution in [3.05, 3.63) is 12.3 Å². The highest BCUT2D eigenvalue weighted by Gasteiger charge is 2.23. The Hall–Kier alpha value is -1.36. The molecule has 5 heteroatoms. The molecule has 0 aliphatic carbocycles. The van der Waals surface area contributed by atoms with Gasteiger partial charge in [0.1, 0.15) is 0 Å². The van der Waals surface area contributed by atoms with Gasteiger partial charge in [-0.15, -0.1) is 0 Å². The molecule has 0 fully saturated rings. The Morgan fingerprint density at radius 3 is 2.69 bits per heavy atom. The van der Waals surface area contributed by atoms with E-state index in [2.05, 4.69) is 10.4 Å². The maximum atomic E-state index is 11.6. The third-order valence-corrected chi connectivity index (χ3v) is 2.50. The van der Waals surface area contributed by atoms with E-state index in [-0.39, 0.29) is 17.4 Å². The second-order valence-corrected chi connectivity index (χ2v) is 5.10. The predicted octanol–water partition coefficient (Wildman–Crippen LogP) is 1.12. The van der Waals surface area contributed by atoms with Gasteiger partial charge in [0.15, 0.2) is 5.82 Å². The minimum atomic E-state index is -0.156. The van der Waals surface area contributed by atoms with Crippen molar-refractivity contribution in [2.75, 3.05) is 5.32 Å². The van der Waals surface area contributed by atoms with Gasteiger partial charge in [0.05, 0.1) is 0 Å². The predicted molar refractivity (Wildman–Crippen MR) is 63.9 cm³/mol. The molecule has 1 unspecified atom stereocenters. The second kappa shape index (κ2) is 4.65. The van der Waals surface area contributed by atoms with Crippen molar-refractivity contribution >= 4 is 11.7 Å². The summed E-state index contributed by atoms with van der Waals surface area (Å²) in [6, 6.07) is 1.59. The van der Waals surface area contributed by atoms with Gasteiger partial charge < -0.3 is 11.1 Å². The zero-order valence-corrected chi connectivity index (χ0v) is 10.3. The van der Waals surface area contributed by atoms with Crippen molar-refractivity contribution in [2.24, 2.45) is 18.2 Å². The first-order chi connectivity index (χ1) is 7.29. The Bertz CT molecular complexity index is 364. The van der Waals surface area contributed by atoms with E-state index in [4.69, 9.17) is 5.73 Å². The van der Waals surface area contributed by atoms with Crippen LogP contribution in [0.25, 0.3) is 0 Å². The fourth-order valence-corrected chi connectivity index (χ4v) is 1.18. The molecule has 1 heterocycles. The molecule has 1 rings (SSSR count). The fraction of sp³-hybridized carbons (Fsp3) is 0.636. The maximum absolute atomic E-state index is 11.6. The number of aromatic nitrogens is 2. The summed E-state index contributed by atoms with van der Waals surface area (Å²) in [5.74, 6) is 0.467. The normalized spacial score (nSPS) is 13.6. The van der Waals surface area contributed by atoms with Crippen LogP contribution in [-0.4, -0.2) is 21.7 Å². The first kappa shape index (κ1) is 12.7. The molecule has 0 aliphatic heterocycles. The SMILES string of the molecule is Cn1ccc(NC(=O)CC(N)C(C)(C)C)n1. The number of carbonyl (C=O) groups excluding carboxylic acids is 1. The van der Waals surface area contributed by atoms with Gasteiger partial charge in [-0.1, -0.05) is 20.8 Å². The van der Waals surface area contributed by atoms with E-state index in [0.29, 0.717) is 12.2 Å². The number of rotatable bonds is 3. The third-order valence-electron chi connectivity index (χ3n) is 2.50. The van der Waals surface area contributed by atoms with Crippen LogP contribution >= 0.6 is 0 Å². The van der Waals surface area contributed by atoms with Gasteiger partial charge in [0.25, 0.3) is 0 Å². The average Bonchev–Trinajstić information content (AvgIpc) is 2.49. The number of amides is 1. The summed E-state index contributed by atoms with van der Waals surface area (Å²) in [5, 5.41) is 6.78. The van der Waals surface area contributed by atoms with Crippen molar-refractivity contribution in [2.45, 2.75) is 33.2 Å². The lowest BCUT2D eigenvalue weighted by Crippen LogP contribution is -2.38. The van der Waals surface area contributed by atoms with E-state index in [1.165, 1.54) is 0 Å². The lowest BCUT2D eigenvalue weighted by molar-refractivity contribution is -0.117. The monoisotopic (exact) mass is 224 g/mol. The van der Waals surface area contributed by atoms with Crippen molar-refractivity contribution < 1.29 is 4.79 Å². The van der Waals surface area contributed by atoms with Crippen LogP contribution in [-0.2, 0) is 11.8 Å². The standard InChI is InChI=1S/C11H20N4O/c1-11(2,3)8(12)7-10(16)13-9-5-6-15(4)14-9/h5-6,8H,7,12H2,1-4H3,(H,13,14,16). The first-order valence-corrected chi connectivity index (χ1v) is 5.34. The van der Waals surface area contributed by atoms with Crippen LogP contribution in [0.1, 0.15) is 27.2 Å². The first-order valence-electron chi connectivity index (χ1n) is 5.34. The van der Waals surface area contributed by atoms with Crippen molar-refractivity contribution in [1.82, 2.24) is 9.78 Å². The molecule has 1 aromatic heterocycles. The van der Waals surface area contributed by atoms with Crippen molar-refractivity contribution in [1.29, 1.82) is 0 Å². The number of hydrogen-bond donors (Lipinski definition) is 2. The molecule has 0 spiro atoms. The maximum Gasteiger partial charge on any atom is 0.227 e. The van der Waals surface area contributed by atoms with Crippen LogP contribution in [0, 0.1) is 5.41 Å². The van der Waals surface area contributed by atoms with Gasteiger partial charge in [0, 0.05) is 31.8 Å². The largest absolute Gasteiger partial charge is 0.327 e. The highest BCUT2D eigenvalue weighted by Crippen LogP contribution is 2.19. The van der Waals surface area contributed by atoms with E-state index in [1.807, 2.05) is 20.8 Å². The minimum Gasteiger partial charge on any atom is -0.327 e. The Morgan fingerprint density at radius 1 is 1.62 bits per heavy atom. The lowest BCUT2D eigenvalue weighted by atomic mass is 9.85. The van der Waals surface area contributed by atoms with Gasteiger partial charge in [-0.2, -0.15) is 5.10 Å². The molecule has 16 heavy (non-hydrogen) atoms. The van der Waals surface area contributed by atoms with Gasteiger partial charge in [-0.25, -0.2) is 0 Å². The molecule has 0 aromatic carbocycles. The van der Waals surface area contributed by atoms with Gasteiger partial charge in [-0.05, 0) is 5.41 Å². The van der Waals surface area contributed by atoms with Gasteiger partial charge >= 0.3 is 0 Å². The minimum absolute atomic E-state index is 0.0680. The molecule has 0 bridgehead atoms. The summed E-state index contributed by atoms with van der Waals surface area (Å²) in [6.45, 7) is 6.06. The van der Waals surface area contributed by atoms with E-state index < -0.39 is 0 Å². The van der Waals surface area contributed by atoms with Crippen LogP contribution in [0.5, 0.6) is 0 Å². The summed E-state index contributed by atoms with van der Waals surface area (Å²) in [6.07, 6.45) is 2.08. The Labute approximate surface area is 96.0 Å². The van der Waals surface area contributed by atoms with Crippen LogP contribution in [0.15, 0.2) is 12.3 Å². The number of aryl methyl sites for hydroxylation is 1. The molecule has 0 saturated carbocycles. The fourth-order valence-electron chi connectivity index (χ4n) is 1.18. The summed E-state index contributed by atoms with van der Waals surface area (Å²) >= 11 is 0. The van der Waals surface area contributed by atoms with Gasteiger partial charge in [-0.3, -0.25) is 9.48 Å². The average molecular weight is 224 g/mol. The highest BCUT2D eigenvalue weighted by molar-refractivity contribution is 5.90. The molecule has 0 saturated heterocycles. The number of nitrogens with two attached hydrogens (primary N) is 1. The summed E-state index contributed by atoms with van der Waals surface area (Å²) in [4.78, 5) is 11.6. The van der Waals surface area contributed by atoms with Crippen LogP contribution in [0.3, 0.4) is 0 Å². The number of hydrogen-bond acceptors (Lipinski definition) is 3. The zero-order chi connectivity index (χ0) is 12.3. The molecular formula is C11H20N4O. The Balaban J connectivity index is 2.48. The summed E-state index contributed by atoms with van der Waals surface area (Å²) < 4.78 is 1.64. The summed E-state index contributed by atoms with van der Waals surface area (Å²) in [7, 11) is 1.80. The number of carbonyl (C=O) groups is 1. The number of nitrogens with one attached hydrogen (secondary N) is 1. The molecule has 0 aliphatic rings. The molecular weight excluding hydrogens is 204 g/mol. The van der Waals surface area contributed by atoms with Crippen LogP contribution in [0.2, 0.25) is 0 Å². The van der Waals surface area contributed by atoms with E-state index >= 15 is 0 Å². The van der Waals surface area contributed by atoms with Crippen molar-refractivity contribution in [3.8, 4) is 0 Å². The Kier molecular flexibility index (Phi) is 3.70. The lowest BCUT2D eigenvalue weighted by Gasteiger charge is -2.26. The summed E-state index contributed by atoms with van der Waals surface area (Å²) in [5.41, 5.74) is 5.86. The number of anilines is 1. The quantitative estimate of drug-likeness (QED) is 0.808. The molecule has 90 valence electrons. The van der Waals surface area contributed by atoms with Crippen LogP contribution in [0.4, 0.5) is 5.82 Å². The smallest absolute Gasteiger partial charge is 0.227 e. The second-order valence-electron chi connectivity index (χ2n) is 5.10. The van der Waals surface area contributed by atoms with Crippen molar-refractivity contribution in [3.63, 3.8) is 0 Å². The molecule has 1 amide bonds. The van der Waals surface area contributed by atoms with Crippen LogP contribution < -0.4 is 11.1 Å². The van der Waals surface area contributed by atoms with E-state index in [1.54, 1.807) is 24.0 Å². The third kappa shape index (κ3) is 3.66. The van der Waals surface area contributed by atoms with Gasteiger partial charge in [0.2, 0.25) is 5.91 Å².